The second kappa shape index (κ2) is 6.50. The number of amides is 3. The van der Waals surface area contributed by atoms with Crippen molar-refractivity contribution in [2.75, 3.05) is 31.5 Å². The molecule has 1 aliphatic carbocycles. The summed E-state index contributed by atoms with van der Waals surface area (Å²) in [5.41, 5.74) is 3.05. The topological polar surface area (TPSA) is 69.7 Å². The van der Waals surface area contributed by atoms with Crippen molar-refractivity contribution in [3.63, 3.8) is 0 Å². The molecule has 3 amide bonds. The molecule has 1 saturated carbocycles. The van der Waals surface area contributed by atoms with E-state index in [-0.39, 0.29) is 11.8 Å². The van der Waals surface area contributed by atoms with Crippen molar-refractivity contribution in [2.24, 2.45) is 5.41 Å². The van der Waals surface area contributed by atoms with Crippen LogP contribution in [0.2, 0.25) is 0 Å². The van der Waals surface area contributed by atoms with Crippen LogP contribution in [0, 0.1) is 26.2 Å². The molecule has 0 spiro atoms. The van der Waals surface area contributed by atoms with E-state index in [1.54, 1.807) is 9.80 Å². The highest BCUT2D eigenvalue weighted by molar-refractivity contribution is 6.13. The smallest absolute Gasteiger partial charge is 0.240 e. The van der Waals surface area contributed by atoms with Gasteiger partial charge in [-0.25, -0.2) is 0 Å². The van der Waals surface area contributed by atoms with Gasteiger partial charge in [-0.2, -0.15) is 0 Å². The van der Waals surface area contributed by atoms with Crippen LogP contribution < -0.4 is 5.32 Å². The van der Waals surface area contributed by atoms with Gasteiger partial charge in [0.1, 0.15) is 5.41 Å². The Labute approximate surface area is 148 Å². The molecule has 3 rings (SSSR count). The van der Waals surface area contributed by atoms with Crippen molar-refractivity contribution < 1.29 is 14.4 Å². The molecule has 0 atom stereocenters. The molecule has 2 aliphatic rings. The molecule has 1 saturated heterocycles. The fourth-order valence-corrected chi connectivity index (χ4v) is 3.61. The van der Waals surface area contributed by atoms with E-state index in [0.29, 0.717) is 39.0 Å². The highest BCUT2D eigenvalue weighted by Crippen LogP contribution is 2.48. The molecule has 0 bridgehead atoms. The van der Waals surface area contributed by atoms with Crippen LogP contribution in [0.25, 0.3) is 0 Å². The quantitative estimate of drug-likeness (QED) is 0.667. The van der Waals surface area contributed by atoms with Crippen LogP contribution in [0.1, 0.15) is 29.5 Å². The number of piperazine rings is 1. The zero-order valence-electron chi connectivity index (χ0n) is 15.1. The number of anilines is 1. The normalized spacial score (nSPS) is 18.7. The Bertz CT molecular complexity index is 694. The minimum Gasteiger partial charge on any atom is -0.342 e. The maximum Gasteiger partial charge on any atom is 0.240 e. The molecule has 1 N–H and O–H groups in total. The Hall–Kier alpha value is -2.37. The van der Waals surface area contributed by atoms with Crippen molar-refractivity contribution in [2.45, 2.75) is 33.6 Å². The highest BCUT2D eigenvalue weighted by Gasteiger charge is 2.58. The van der Waals surface area contributed by atoms with E-state index >= 15 is 0 Å². The van der Waals surface area contributed by atoms with Crippen molar-refractivity contribution >= 4 is 23.9 Å². The molecule has 1 aromatic rings. The molecule has 0 radical (unpaired) electrons. The van der Waals surface area contributed by atoms with Crippen molar-refractivity contribution in [1.29, 1.82) is 0 Å². The molecular formula is C19H25N3O3. The first-order valence-electron chi connectivity index (χ1n) is 8.75. The Balaban J connectivity index is 1.72. The Morgan fingerprint density at radius 2 is 1.60 bits per heavy atom. The molecule has 6 heteroatoms. The number of hydrogen-bond acceptors (Lipinski definition) is 3. The monoisotopic (exact) mass is 343 g/mol. The summed E-state index contributed by atoms with van der Waals surface area (Å²) in [6.45, 7) is 8.01. The first-order chi connectivity index (χ1) is 11.9. The lowest BCUT2D eigenvalue weighted by atomic mass is 10.0. The van der Waals surface area contributed by atoms with Crippen LogP contribution >= 0.6 is 0 Å². The van der Waals surface area contributed by atoms with E-state index < -0.39 is 5.41 Å². The maximum atomic E-state index is 12.9. The number of nitrogens with zero attached hydrogens (tertiary/aromatic N) is 2. The van der Waals surface area contributed by atoms with Crippen LogP contribution in [0.3, 0.4) is 0 Å². The maximum absolute atomic E-state index is 12.9. The number of carbonyl (C=O) groups excluding carboxylic acids is 3. The molecule has 6 nitrogen and oxygen atoms in total. The van der Waals surface area contributed by atoms with Gasteiger partial charge in [0.25, 0.3) is 0 Å². The van der Waals surface area contributed by atoms with Gasteiger partial charge in [-0.3, -0.25) is 14.4 Å². The van der Waals surface area contributed by atoms with Gasteiger partial charge in [-0.05, 0) is 44.7 Å². The van der Waals surface area contributed by atoms with Crippen molar-refractivity contribution in [1.82, 2.24) is 9.80 Å². The Morgan fingerprint density at radius 1 is 1.04 bits per heavy atom. The van der Waals surface area contributed by atoms with Crippen molar-refractivity contribution in [3.05, 3.63) is 28.8 Å². The summed E-state index contributed by atoms with van der Waals surface area (Å²) in [5, 5.41) is 3.00. The standard InChI is InChI=1S/C19H25N3O3/c1-13-10-14(2)16(15(3)11-13)20-17(24)19(4-5-19)18(25)22-8-6-21(12-23)7-9-22/h10-12H,4-9H2,1-3H3,(H,20,24). The lowest BCUT2D eigenvalue weighted by Gasteiger charge is -2.34. The first kappa shape index (κ1) is 17.5. The zero-order valence-corrected chi connectivity index (χ0v) is 15.1. The number of carbonyl (C=O) groups is 3. The van der Waals surface area contributed by atoms with E-state index in [2.05, 4.69) is 5.32 Å². The molecule has 1 heterocycles. The predicted octanol–water partition coefficient (Wildman–Crippen LogP) is 1.63. The predicted molar refractivity (Wildman–Crippen MR) is 95.2 cm³/mol. The SMILES string of the molecule is Cc1cc(C)c(NC(=O)C2(C(=O)N3CCN(C=O)CC3)CC2)c(C)c1. The third kappa shape index (κ3) is 3.25. The van der Waals surface area contributed by atoms with Gasteiger partial charge in [0.15, 0.2) is 0 Å². The van der Waals surface area contributed by atoms with Crippen LogP contribution in [-0.2, 0) is 14.4 Å². The Kier molecular flexibility index (Phi) is 4.54. The summed E-state index contributed by atoms with van der Waals surface area (Å²) < 4.78 is 0. The average Bonchev–Trinajstić information content (AvgIpc) is 3.39. The first-order valence-corrected chi connectivity index (χ1v) is 8.75. The minimum absolute atomic E-state index is 0.0991. The van der Waals surface area contributed by atoms with Crippen LogP contribution in [-0.4, -0.2) is 54.2 Å². The zero-order chi connectivity index (χ0) is 18.2. The number of rotatable bonds is 4. The fraction of sp³-hybridized carbons (Fsp3) is 0.526. The van der Waals surface area contributed by atoms with Gasteiger partial charge >= 0.3 is 0 Å². The minimum atomic E-state index is -0.923. The largest absolute Gasteiger partial charge is 0.342 e. The third-order valence-electron chi connectivity index (χ3n) is 5.26. The fourth-order valence-electron chi connectivity index (χ4n) is 3.61. The average molecular weight is 343 g/mol. The molecule has 1 aliphatic heterocycles. The van der Waals surface area contributed by atoms with E-state index in [1.165, 1.54) is 0 Å². The van der Waals surface area contributed by atoms with Gasteiger partial charge < -0.3 is 15.1 Å². The van der Waals surface area contributed by atoms with Crippen LogP contribution in [0.5, 0.6) is 0 Å². The lowest BCUT2D eigenvalue weighted by molar-refractivity contribution is -0.144. The summed E-state index contributed by atoms with van der Waals surface area (Å²) in [4.78, 5) is 39.9. The molecule has 134 valence electrons. The second-order valence-corrected chi connectivity index (χ2v) is 7.24. The summed E-state index contributed by atoms with van der Waals surface area (Å²) in [6.07, 6.45) is 2.00. The number of nitrogens with one attached hydrogen (secondary N) is 1. The molecule has 0 aromatic heterocycles. The van der Waals surface area contributed by atoms with E-state index in [1.807, 2.05) is 32.9 Å². The molecule has 25 heavy (non-hydrogen) atoms. The van der Waals surface area contributed by atoms with E-state index in [4.69, 9.17) is 0 Å². The van der Waals surface area contributed by atoms with E-state index in [0.717, 1.165) is 28.8 Å². The third-order valence-corrected chi connectivity index (χ3v) is 5.26. The second-order valence-electron chi connectivity index (χ2n) is 7.24. The number of aryl methyl sites for hydroxylation is 3. The van der Waals surface area contributed by atoms with E-state index in [9.17, 15) is 14.4 Å². The molecule has 0 unspecified atom stereocenters. The number of benzene rings is 1. The van der Waals surface area contributed by atoms with Gasteiger partial charge in [0.05, 0.1) is 0 Å². The summed E-state index contributed by atoms with van der Waals surface area (Å²) >= 11 is 0. The van der Waals surface area contributed by atoms with Crippen LogP contribution in [0.15, 0.2) is 12.1 Å². The Morgan fingerprint density at radius 3 is 2.08 bits per heavy atom. The van der Waals surface area contributed by atoms with Gasteiger partial charge in [-0.15, -0.1) is 0 Å². The molecule has 2 fully saturated rings. The summed E-state index contributed by atoms with van der Waals surface area (Å²) in [7, 11) is 0. The molecule has 1 aromatic carbocycles. The number of hydrogen-bond donors (Lipinski definition) is 1. The molecular weight excluding hydrogens is 318 g/mol. The highest BCUT2D eigenvalue weighted by atomic mass is 16.2. The summed E-state index contributed by atoms with van der Waals surface area (Å²) in [5.74, 6) is -0.302. The van der Waals surface area contributed by atoms with Gasteiger partial charge in [0, 0.05) is 31.9 Å². The van der Waals surface area contributed by atoms with Crippen molar-refractivity contribution in [3.8, 4) is 0 Å². The lowest BCUT2D eigenvalue weighted by Crippen LogP contribution is -2.52. The van der Waals surface area contributed by atoms with Crippen LogP contribution in [0.4, 0.5) is 5.69 Å². The van der Waals surface area contributed by atoms with Gasteiger partial charge in [0.2, 0.25) is 18.2 Å². The summed E-state index contributed by atoms with van der Waals surface area (Å²) in [6, 6.07) is 4.06. The van der Waals surface area contributed by atoms with Gasteiger partial charge in [-0.1, -0.05) is 17.7 Å².